The fourth-order valence-electron chi connectivity index (χ4n) is 1.77. The number of ether oxygens (including phenoxy) is 1. The van der Waals surface area contributed by atoms with Gasteiger partial charge in [-0.05, 0) is 44.6 Å². The molecule has 0 spiro atoms. The van der Waals surface area contributed by atoms with Crippen molar-refractivity contribution in [3.05, 3.63) is 16.5 Å². The third kappa shape index (κ3) is 7.19. The Morgan fingerprint density at radius 1 is 1.38 bits per heavy atom. The molecule has 1 aromatic heterocycles. The van der Waals surface area contributed by atoms with E-state index in [0.29, 0.717) is 15.7 Å². The Hall–Kier alpha value is -1.12. The molecule has 0 saturated heterocycles. The summed E-state index contributed by atoms with van der Waals surface area (Å²) < 4.78 is 20.1. The first-order chi connectivity index (χ1) is 11.0. The van der Waals surface area contributed by atoms with E-state index in [1.807, 2.05) is 13.8 Å². The standard InChI is InChI=1S/C15H23ClN2O4S2/c1-9(2)8-11(17-14(20)22-15(3,4)5)12(19)18-24(21)13-10(16)6-7-23-13/h6-7,9,11H,8H2,1-5H3,(H,17,20)(H,18,19)/t11-,24?/m0/s1. The number of thiophene rings is 1. The van der Waals surface area contributed by atoms with Gasteiger partial charge in [0, 0.05) is 0 Å². The van der Waals surface area contributed by atoms with E-state index in [9.17, 15) is 13.8 Å². The lowest BCUT2D eigenvalue weighted by Gasteiger charge is -2.24. The van der Waals surface area contributed by atoms with Crippen molar-refractivity contribution in [2.45, 2.75) is 56.9 Å². The molecule has 1 unspecified atom stereocenters. The van der Waals surface area contributed by atoms with Crippen LogP contribution >= 0.6 is 22.9 Å². The number of hydrogen-bond acceptors (Lipinski definition) is 5. The fourth-order valence-corrected chi connectivity index (χ4v) is 4.07. The molecular weight excluding hydrogens is 372 g/mol. The molecule has 24 heavy (non-hydrogen) atoms. The third-order valence-corrected chi connectivity index (χ3v) is 5.59. The lowest BCUT2D eigenvalue weighted by atomic mass is 10.0. The highest BCUT2D eigenvalue weighted by Crippen LogP contribution is 2.24. The van der Waals surface area contributed by atoms with Crippen molar-refractivity contribution < 1.29 is 18.5 Å². The minimum absolute atomic E-state index is 0.148. The van der Waals surface area contributed by atoms with Crippen LogP contribution in [0.4, 0.5) is 4.79 Å². The van der Waals surface area contributed by atoms with Crippen molar-refractivity contribution in [2.75, 3.05) is 0 Å². The maximum Gasteiger partial charge on any atom is 0.408 e. The molecule has 0 radical (unpaired) electrons. The van der Waals surface area contributed by atoms with Gasteiger partial charge in [-0.2, -0.15) is 0 Å². The molecule has 2 atom stereocenters. The minimum Gasteiger partial charge on any atom is -0.444 e. The lowest BCUT2D eigenvalue weighted by molar-refractivity contribution is -0.121. The van der Waals surface area contributed by atoms with E-state index in [1.165, 1.54) is 11.3 Å². The maximum atomic E-state index is 12.4. The van der Waals surface area contributed by atoms with Crippen LogP contribution in [0.3, 0.4) is 0 Å². The monoisotopic (exact) mass is 394 g/mol. The van der Waals surface area contributed by atoms with Crippen molar-refractivity contribution in [3.8, 4) is 0 Å². The summed E-state index contributed by atoms with van der Waals surface area (Å²) in [5, 5.41) is 4.55. The van der Waals surface area contributed by atoms with E-state index in [1.54, 1.807) is 32.2 Å². The van der Waals surface area contributed by atoms with Gasteiger partial charge in [-0.1, -0.05) is 25.4 Å². The molecule has 0 aromatic carbocycles. The average molecular weight is 395 g/mol. The second-order valence-electron chi connectivity index (χ2n) is 6.62. The first-order valence-electron chi connectivity index (χ1n) is 7.44. The molecule has 0 bridgehead atoms. The number of halogens is 1. The largest absolute Gasteiger partial charge is 0.444 e. The summed E-state index contributed by atoms with van der Waals surface area (Å²) in [5.74, 6) is -0.396. The van der Waals surface area contributed by atoms with Gasteiger partial charge in [0.15, 0.2) is 11.0 Å². The molecule has 0 aliphatic carbocycles. The van der Waals surface area contributed by atoms with Gasteiger partial charge in [0.1, 0.15) is 15.9 Å². The summed E-state index contributed by atoms with van der Waals surface area (Å²) in [7, 11) is -1.77. The van der Waals surface area contributed by atoms with Gasteiger partial charge in [0.05, 0.1) is 5.02 Å². The number of alkyl carbamates (subject to hydrolysis) is 1. The Morgan fingerprint density at radius 3 is 2.46 bits per heavy atom. The summed E-state index contributed by atoms with van der Waals surface area (Å²) >= 11 is 7.10. The summed E-state index contributed by atoms with van der Waals surface area (Å²) in [6, 6.07) is 0.762. The molecule has 1 aromatic rings. The molecule has 0 fully saturated rings. The number of rotatable bonds is 6. The first kappa shape index (κ1) is 20.9. The van der Waals surface area contributed by atoms with E-state index in [0.717, 1.165) is 0 Å². The maximum absolute atomic E-state index is 12.4. The Labute approximate surface area is 153 Å². The summed E-state index contributed by atoms with van der Waals surface area (Å²) in [4.78, 5) is 24.3. The van der Waals surface area contributed by atoms with E-state index in [2.05, 4.69) is 10.0 Å². The normalized spacial score (nSPS) is 14.1. The molecule has 1 heterocycles. The second kappa shape index (κ2) is 8.82. The van der Waals surface area contributed by atoms with Crippen LogP contribution in [-0.4, -0.2) is 27.9 Å². The number of carbonyl (C=O) groups is 2. The van der Waals surface area contributed by atoms with Crippen molar-refractivity contribution >= 4 is 45.9 Å². The Kier molecular flexibility index (Phi) is 7.69. The number of carbonyl (C=O) groups excluding carboxylic acids is 2. The van der Waals surface area contributed by atoms with Gasteiger partial charge in [-0.3, -0.25) is 9.52 Å². The van der Waals surface area contributed by atoms with Crippen LogP contribution in [0.1, 0.15) is 41.0 Å². The average Bonchev–Trinajstić information content (AvgIpc) is 2.81. The topological polar surface area (TPSA) is 84.5 Å². The smallest absolute Gasteiger partial charge is 0.408 e. The van der Waals surface area contributed by atoms with Crippen LogP contribution in [0.2, 0.25) is 5.02 Å². The van der Waals surface area contributed by atoms with Crippen molar-refractivity contribution in [1.82, 2.24) is 10.0 Å². The van der Waals surface area contributed by atoms with Crippen LogP contribution in [-0.2, 0) is 20.5 Å². The highest BCUT2D eigenvalue weighted by Gasteiger charge is 2.27. The van der Waals surface area contributed by atoms with Crippen LogP contribution in [0, 0.1) is 5.92 Å². The van der Waals surface area contributed by atoms with Crippen LogP contribution in [0.15, 0.2) is 15.7 Å². The van der Waals surface area contributed by atoms with Crippen molar-refractivity contribution in [2.24, 2.45) is 5.92 Å². The summed E-state index contributed by atoms with van der Waals surface area (Å²) in [6.45, 7) is 9.04. The predicted octanol–water partition coefficient (Wildman–Crippen LogP) is 3.48. The molecule has 6 nitrogen and oxygen atoms in total. The predicted molar refractivity (Wildman–Crippen MR) is 96.5 cm³/mol. The zero-order chi connectivity index (χ0) is 18.5. The highest BCUT2D eigenvalue weighted by molar-refractivity contribution is 7.86. The van der Waals surface area contributed by atoms with E-state index in [-0.39, 0.29) is 5.92 Å². The van der Waals surface area contributed by atoms with Gasteiger partial charge in [-0.15, -0.1) is 11.3 Å². The van der Waals surface area contributed by atoms with E-state index in [4.69, 9.17) is 16.3 Å². The quantitative estimate of drug-likeness (QED) is 0.773. The van der Waals surface area contributed by atoms with Gasteiger partial charge in [0.25, 0.3) is 5.91 Å². The molecule has 0 saturated carbocycles. The summed E-state index contributed by atoms with van der Waals surface area (Å²) in [6.07, 6.45) is -0.302. The van der Waals surface area contributed by atoms with E-state index >= 15 is 0 Å². The molecule has 1 rings (SSSR count). The van der Waals surface area contributed by atoms with Crippen LogP contribution < -0.4 is 10.0 Å². The second-order valence-corrected chi connectivity index (χ2v) is 9.35. The van der Waals surface area contributed by atoms with Gasteiger partial charge in [-0.25, -0.2) is 9.00 Å². The van der Waals surface area contributed by atoms with Crippen LogP contribution in [0.5, 0.6) is 0 Å². The lowest BCUT2D eigenvalue weighted by Crippen LogP contribution is -2.49. The molecule has 136 valence electrons. The number of hydrogen-bond donors (Lipinski definition) is 2. The minimum atomic E-state index is -1.77. The molecule has 0 aliphatic rings. The summed E-state index contributed by atoms with van der Waals surface area (Å²) in [5.41, 5.74) is -0.670. The molecule has 2 N–H and O–H groups in total. The highest BCUT2D eigenvalue weighted by atomic mass is 35.5. The SMILES string of the molecule is CC(C)C[C@H](NC(=O)OC(C)(C)C)C(=O)NS(=O)c1sccc1Cl. The van der Waals surface area contributed by atoms with Gasteiger partial charge in [0.2, 0.25) is 0 Å². The van der Waals surface area contributed by atoms with Crippen molar-refractivity contribution in [1.29, 1.82) is 0 Å². The Bertz CT molecular complexity index is 611. The fraction of sp³-hybridized carbons (Fsp3) is 0.600. The van der Waals surface area contributed by atoms with E-state index < -0.39 is 34.6 Å². The Morgan fingerprint density at radius 2 is 2.00 bits per heavy atom. The molecule has 0 aliphatic heterocycles. The third-order valence-electron chi connectivity index (χ3n) is 2.66. The molecule has 2 amide bonds. The van der Waals surface area contributed by atoms with Crippen molar-refractivity contribution in [3.63, 3.8) is 0 Å². The first-order valence-corrected chi connectivity index (χ1v) is 9.85. The van der Waals surface area contributed by atoms with Gasteiger partial charge >= 0.3 is 6.09 Å². The number of nitrogens with one attached hydrogen (secondary N) is 2. The Balaban J connectivity index is 2.76. The van der Waals surface area contributed by atoms with Crippen LogP contribution in [0.25, 0.3) is 0 Å². The number of amides is 2. The molecule has 9 heteroatoms. The molecular formula is C15H23ClN2O4S2. The zero-order valence-corrected chi connectivity index (χ0v) is 16.7. The zero-order valence-electron chi connectivity index (χ0n) is 14.3. The van der Waals surface area contributed by atoms with Gasteiger partial charge < -0.3 is 10.1 Å².